The van der Waals surface area contributed by atoms with E-state index in [4.69, 9.17) is 9.52 Å². The molecule has 0 spiro atoms. The quantitative estimate of drug-likeness (QED) is 0.685. The highest BCUT2D eigenvalue weighted by atomic mass is 19.1. The Kier molecular flexibility index (Phi) is 3.70. The number of nitro groups is 1. The Balaban J connectivity index is 2.67. The van der Waals surface area contributed by atoms with E-state index in [1.807, 2.05) is 0 Å². The van der Waals surface area contributed by atoms with Crippen LogP contribution in [-0.4, -0.2) is 21.0 Å². The Morgan fingerprint density at radius 2 is 2.14 bits per heavy atom. The summed E-state index contributed by atoms with van der Waals surface area (Å²) < 4.78 is 18.4. The molecule has 0 saturated heterocycles. The second-order valence-electron chi connectivity index (χ2n) is 4.61. The molecule has 0 amide bonds. The number of halogens is 1. The number of hydrogen-bond donors (Lipinski definition) is 1. The lowest BCUT2D eigenvalue weighted by Gasteiger charge is -1.99. The topological polar surface area (TPSA) is 106 Å². The van der Waals surface area contributed by atoms with Gasteiger partial charge < -0.3 is 9.52 Å². The standard InChI is InChI=1S/C13H11FN2O5/c1-6(2)10-11(13(17)18)21-12(15-10)8-5-7(14)3-4-9(8)16(19)20/h3-6H,1-2H3,(H,17,18). The van der Waals surface area contributed by atoms with Crippen LogP contribution in [0.3, 0.4) is 0 Å². The molecule has 0 fully saturated rings. The van der Waals surface area contributed by atoms with Gasteiger partial charge in [-0.1, -0.05) is 13.8 Å². The van der Waals surface area contributed by atoms with Crippen LogP contribution in [-0.2, 0) is 0 Å². The maximum atomic E-state index is 13.3. The first kappa shape index (κ1) is 14.6. The summed E-state index contributed by atoms with van der Waals surface area (Å²) in [5, 5.41) is 20.0. The zero-order valence-electron chi connectivity index (χ0n) is 11.2. The largest absolute Gasteiger partial charge is 0.475 e. The van der Waals surface area contributed by atoms with Crippen LogP contribution in [0, 0.1) is 15.9 Å². The molecule has 0 atom stereocenters. The third-order valence-corrected chi connectivity index (χ3v) is 2.78. The van der Waals surface area contributed by atoms with Gasteiger partial charge in [0, 0.05) is 6.07 Å². The van der Waals surface area contributed by atoms with Crippen LogP contribution in [0.4, 0.5) is 10.1 Å². The normalized spacial score (nSPS) is 10.9. The molecule has 7 nitrogen and oxygen atoms in total. The van der Waals surface area contributed by atoms with Crippen molar-refractivity contribution in [2.24, 2.45) is 0 Å². The van der Waals surface area contributed by atoms with Gasteiger partial charge in [-0.05, 0) is 18.1 Å². The minimum absolute atomic E-state index is 0.149. The number of nitrogens with zero attached hydrogens (tertiary/aromatic N) is 2. The SMILES string of the molecule is CC(C)c1nc(-c2cc(F)ccc2[N+](=O)[O-])oc1C(=O)O. The molecule has 2 rings (SSSR count). The molecule has 0 aliphatic heterocycles. The summed E-state index contributed by atoms with van der Waals surface area (Å²) in [6.45, 7) is 3.40. The summed E-state index contributed by atoms with van der Waals surface area (Å²) >= 11 is 0. The second kappa shape index (κ2) is 5.31. The summed E-state index contributed by atoms with van der Waals surface area (Å²) in [6, 6.07) is 2.80. The Hall–Kier alpha value is -2.77. The number of hydrogen-bond acceptors (Lipinski definition) is 5. The van der Waals surface area contributed by atoms with E-state index in [2.05, 4.69) is 4.98 Å². The molecule has 0 aliphatic rings. The first-order valence-corrected chi connectivity index (χ1v) is 5.99. The van der Waals surface area contributed by atoms with E-state index in [-0.39, 0.29) is 23.1 Å². The van der Waals surface area contributed by atoms with Gasteiger partial charge in [-0.3, -0.25) is 10.1 Å². The molecule has 2 aromatic rings. The van der Waals surface area contributed by atoms with Gasteiger partial charge in [-0.15, -0.1) is 0 Å². The Morgan fingerprint density at radius 3 is 2.62 bits per heavy atom. The Labute approximate surface area is 118 Å². The number of carboxylic acids is 1. The molecular formula is C13H11FN2O5. The van der Waals surface area contributed by atoms with Crippen molar-refractivity contribution in [3.8, 4) is 11.5 Å². The highest BCUT2D eigenvalue weighted by Gasteiger charge is 2.26. The number of oxazole rings is 1. The first-order valence-electron chi connectivity index (χ1n) is 5.99. The molecular weight excluding hydrogens is 283 g/mol. The van der Waals surface area contributed by atoms with Crippen molar-refractivity contribution in [1.29, 1.82) is 0 Å². The summed E-state index contributed by atoms with van der Waals surface area (Å²) in [7, 11) is 0. The maximum absolute atomic E-state index is 13.3. The average molecular weight is 294 g/mol. The van der Waals surface area contributed by atoms with Crippen LogP contribution < -0.4 is 0 Å². The van der Waals surface area contributed by atoms with E-state index in [1.165, 1.54) is 0 Å². The van der Waals surface area contributed by atoms with Gasteiger partial charge in [0.2, 0.25) is 11.7 Å². The van der Waals surface area contributed by atoms with E-state index in [0.717, 1.165) is 18.2 Å². The average Bonchev–Trinajstić information content (AvgIpc) is 2.83. The number of carbonyl (C=O) groups is 1. The van der Waals surface area contributed by atoms with Crippen molar-refractivity contribution in [2.45, 2.75) is 19.8 Å². The van der Waals surface area contributed by atoms with Crippen LogP contribution in [0.25, 0.3) is 11.5 Å². The van der Waals surface area contributed by atoms with Crippen LogP contribution in [0.15, 0.2) is 22.6 Å². The van der Waals surface area contributed by atoms with Crippen molar-refractivity contribution in [3.63, 3.8) is 0 Å². The number of rotatable bonds is 4. The van der Waals surface area contributed by atoms with Gasteiger partial charge in [-0.25, -0.2) is 14.2 Å². The number of nitro benzene ring substituents is 1. The molecule has 1 heterocycles. The molecule has 1 aromatic heterocycles. The third kappa shape index (κ3) is 2.73. The molecule has 8 heteroatoms. The zero-order valence-corrected chi connectivity index (χ0v) is 11.2. The molecule has 21 heavy (non-hydrogen) atoms. The molecule has 0 bridgehead atoms. The minimum Gasteiger partial charge on any atom is -0.475 e. The van der Waals surface area contributed by atoms with Crippen LogP contribution in [0.1, 0.15) is 36.0 Å². The Bertz CT molecular complexity index is 723. The zero-order chi connectivity index (χ0) is 15.7. The first-order chi connectivity index (χ1) is 9.81. The van der Waals surface area contributed by atoms with Crippen molar-refractivity contribution in [1.82, 2.24) is 4.98 Å². The molecule has 0 radical (unpaired) electrons. The van der Waals surface area contributed by atoms with E-state index in [0.29, 0.717) is 0 Å². The molecule has 0 saturated carbocycles. The van der Waals surface area contributed by atoms with Crippen LogP contribution in [0.5, 0.6) is 0 Å². The lowest BCUT2D eigenvalue weighted by Crippen LogP contribution is -2.01. The van der Waals surface area contributed by atoms with Crippen molar-refractivity contribution in [2.75, 3.05) is 0 Å². The summed E-state index contributed by atoms with van der Waals surface area (Å²) in [5.41, 5.74) is -0.463. The van der Waals surface area contributed by atoms with Crippen molar-refractivity contribution < 1.29 is 23.6 Å². The smallest absolute Gasteiger partial charge is 0.373 e. The molecule has 0 unspecified atom stereocenters. The summed E-state index contributed by atoms with van der Waals surface area (Å²) in [6.07, 6.45) is 0. The number of benzene rings is 1. The van der Waals surface area contributed by atoms with E-state index >= 15 is 0 Å². The Morgan fingerprint density at radius 1 is 1.48 bits per heavy atom. The van der Waals surface area contributed by atoms with Crippen molar-refractivity contribution >= 4 is 11.7 Å². The van der Waals surface area contributed by atoms with E-state index in [1.54, 1.807) is 13.8 Å². The van der Waals surface area contributed by atoms with Gasteiger partial charge in [0.15, 0.2) is 0 Å². The molecule has 0 aliphatic carbocycles. The number of aromatic carboxylic acids is 1. The van der Waals surface area contributed by atoms with Crippen LogP contribution >= 0.6 is 0 Å². The monoisotopic (exact) mass is 294 g/mol. The summed E-state index contributed by atoms with van der Waals surface area (Å²) in [5.74, 6) is -3.00. The van der Waals surface area contributed by atoms with Gasteiger partial charge in [-0.2, -0.15) is 0 Å². The summed E-state index contributed by atoms with van der Waals surface area (Å²) in [4.78, 5) is 25.3. The molecule has 1 N–H and O–H groups in total. The molecule has 1 aromatic carbocycles. The highest BCUT2D eigenvalue weighted by Crippen LogP contribution is 2.33. The van der Waals surface area contributed by atoms with Crippen molar-refractivity contribution in [3.05, 3.63) is 45.6 Å². The maximum Gasteiger partial charge on any atom is 0.373 e. The lowest BCUT2D eigenvalue weighted by atomic mass is 10.1. The molecule has 110 valence electrons. The predicted octanol–water partition coefficient (Wildman–Crippen LogP) is 3.21. The fourth-order valence-corrected chi connectivity index (χ4v) is 1.83. The van der Waals surface area contributed by atoms with Crippen LogP contribution in [0.2, 0.25) is 0 Å². The number of carboxylic acid groups (broad SMARTS) is 1. The fraction of sp³-hybridized carbons (Fsp3) is 0.231. The minimum atomic E-state index is -1.34. The van der Waals surface area contributed by atoms with Gasteiger partial charge in [0.05, 0.1) is 10.6 Å². The third-order valence-electron chi connectivity index (χ3n) is 2.78. The number of aromatic nitrogens is 1. The highest BCUT2D eigenvalue weighted by molar-refractivity contribution is 5.86. The van der Waals surface area contributed by atoms with Gasteiger partial charge >= 0.3 is 5.97 Å². The second-order valence-corrected chi connectivity index (χ2v) is 4.61. The fourth-order valence-electron chi connectivity index (χ4n) is 1.83. The van der Waals surface area contributed by atoms with Gasteiger partial charge in [0.25, 0.3) is 5.69 Å². The predicted molar refractivity (Wildman–Crippen MR) is 69.6 cm³/mol. The van der Waals surface area contributed by atoms with Gasteiger partial charge in [0.1, 0.15) is 11.4 Å². The van der Waals surface area contributed by atoms with E-state index in [9.17, 15) is 19.3 Å². The van der Waals surface area contributed by atoms with E-state index < -0.39 is 28.2 Å². The lowest BCUT2D eigenvalue weighted by molar-refractivity contribution is -0.384.